The van der Waals surface area contributed by atoms with Crippen molar-refractivity contribution in [1.29, 1.82) is 0 Å². The summed E-state index contributed by atoms with van der Waals surface area (Å²) >= 11 is 0. The summed E-state index contributed by atoms with van der Waals surface area (Å²) in [5, 5.41) is 3.12. The first-order chi connectivity index (χ1) is 11.6. The summed E-state index contributed by atoms with van der Waals surface area (Å²) < 4.78 is 2.06. The second-order valence-corrected chi connectivity index (χ2v) is 6.63. The van der Waals surface area contributed by atoms with Crippen molar-refractivity contribution in [3.63, 3.8) is 0 Å². The van der Waals surface area contributed by atoms with Crippen LogP contribution in [0, 0.1) is 0 Å². The first-order valence-corrected chi connectivity index (χ1v) is 8.62. The zero-order chi connectivity index (χ0) is 17.1. The van der Waals surface area contributed by atoms with E-state index in [1.165, 1.54) is 11.1 Å². The van der Waals surface area contributed by atoms with E-state index in [0.717, 1.165) is 31.9 Å². The van der Waals surface area contributed by atoms with Crippen molar-refractivity contribution in [2.45, 2.75) is 38.8 Å². The van der Waals surface area contributed by atoms with E-state index in [2.05, 4.69) is 51.0 Å². The van der Waals surface area contributed by atoms with E-state index in [1.54, 1.807) is 6.92 Å². The van der Waals surface area contributed by atoms with Gasteiger partial charge in [0.1, 0.15) is 5.82 Å². The van der Waals surface area contributed by atoms with Gasteiger partial charge in [0.05, 0.1) is 12.0 Å². The maximum atomic E-state index is 11.6. The van der Waals surface area contributed by atoms with E-state index in [4.69, 9.17) is 0 Å². The van der Waals surface area contributed by atoms with Gasteiger partial charge in [0.15, 0.2) is 0 Å². The summed E-state index contributed by atoms with van der Waals surface area (Å²) in [4.78, 5) is 18.5. The van der Waals surface area contributed by atoms with Gasteiger partial charge in [-0.2, -0.15) is 0 Å². The molecule has 128 valence electrons. The fourth-order valence-corrected chi connectivity index (χ4v) is 3.72. The topological polar surface area (TPSA) is 50.2 Å². The molecule has 0 bridgehead atoms. The molecule has 1 aliphatic rings. The van der Waals surface area contributed by atoms with Crippen LogP contribution in [0.3, 0.4) is 0 Å². The zero-order valence-corrected chi connectivity index (χ0v) is 14.7. The van der Waals surface area contributed by atoms with Crippen molar-refractivity contribution in [2.24, 2.45) is 7.05 Å². The zero-order valence-electron chi connectivity index (χ0n) is 14.7. The van der Waals surface area contributed by atoms with E-state index >= 15 is 0 Å². The molecule has 0 aliphatic carbocycles. The first kappa shape index (κ1) is 16.7. The van der Waals surface area contributed by atoms with Crippen LogP contribution in [0.15, 0.2) is 36.7 Å². The molecule has 0 saturated carbocycles. The normalized spacial score (nSPS) is 21.1. The molecule has 3 rings (SSSR count). The minimum atomic E-state index is 0.0232. The molecule has 24 heavy (non-hydrogen) atoms. The van der Waals surface area contributed by atoms with E-state index in [0.29, 0.717) is 0 Å². The average molecular weight is 326 g/mol. The Morgan fingerprint density at radius 3 is 2.67 bits per heavy atom. The van der Waals surface area contributed by atoms with Crippen molar-refractivity contribution < 1.29 is 4.79 Å². The third-order valence-electron chi connectivity index (χ3n) is 4.87. The van der Waals surface area contributed by atoms with Crippen LogP contribution in [0.5, 0.6) is 0 Å². The lowest BCUT2D eigenvalue weighted by Gasteiger charge is -2.18. The number of amides is 1. The fraction of sp³-hybridized carbons (Fsp3) is 0.474. The van der Waals surface area contributed by atoms with Gasteiger partial charge in [0.2, 0.25) is 5.91 Å². The number of aromatic nitrogens is 2. The van der Waals surface area contributed by atoms with Crippen molar-refractivity contribution in [1.82, 2.24) is 19.8 Å². The smallest absolute Gasteiger partial charge is 0.217 e. The lowest BCUT2D eigenvalue weighted by Crippen LogP contribution is -2.39. The monoisotopic (exact) mass is 326 g/mol. The highest BCUT2D eigenvalue weighted by Gasteiger charge is 2.36. The number of nitrogens with zero attached hydrogens (tertiary/aromatic N) is 3. The van der Waals surface area contributed by atoms with Crippen molar-refractivity contribution >= 4 is 5.91 Å². The first-order valence-electron chi connectivity index (χ1n) is 8.62. The van der Waals surface area contributed by atoms with Crippen LogP contribution in [0.2, 0.25) is 0 Å². The maximum Gasteiger partial charge on any atom is 0.217 e. The van der Waals surface area contributed by atoms with Gasteiger partial charge in [-0.15, -0.1) is 0 Å². The fourth-order valence-electron chi connectivity index (χ4n) is 3.72. The van der Waals surface area contributed by atoms with Gasteiger partial charge in [0.25, 0.3) is 0 Å². The molecular weight excluding hydrogens is 300 g/mol. The summed E-state index contributed by atoms with van der Waals surface area (Å²) in [7, 11) is 2.02. The Morgan fingerprint density at radius 1 is 1.29 bits per heavy atom. The molecule has 0 unspecified atom stereocenters. The lowest BCUT2D eigenvalue weighted by molar-refractivity contribution is -0.119. The Balaban J connectivity index is 1.79. The largest absolute Gasteiger partial charge is 0.352 e. The molecule has 1 aliphatic heterocycles. The Hall–Kier alpha value is -2.14. The Bertz CT molecular complexity index is 709. The molecule has 2 aromatic rings. The van der Waals surface area contributed by atoms with E-state index in [1.807, 2.05) is 19.4 Å². The molecule has 1 saturated heterocycles. The number of likely N-dealkylation sites (tertiary alicyclic amines) is 1. The molecule has 1 fully saturated rings. The van der Waals surface area contributed by atoms with E-state index in [9.17, 15) is 4.79 Å². The van der Waals surface area contributed by atoms with Crippen molar-refractivity contribution in [2.75, 3.05) is 13.1 Å². The maximum absolute atomic E-state index is 11.6. The van der Waals surface area contributed by atoms with Crippen LogP contribution in [0.4, 0.5) is 0 Å². The average Bonchev–Trinajstić information content (AvgIpc) is 3.13. The van der Waals surface area contributed by atoms with Gasteiger partial charge in [-0.3, -0.25) is 9.69 Å². The van der Waals surface area contributed by atoms with Crippen molar-refractivity contribution in [3.8, 4) is 0 Å². The van der Waals surface area contributed by atoms with Gasteiger partial charge < -0.3 is 9.88 Å². The minimum Gasteiger partial charge on any atom is -0.352 e. The number of carbonyl (C=O) groups excluding carboxylic acids is 1. The predicted octanol–water partition coefficient (Wildman–Crippen LogP) is 2.09. The third-order valence-corrected chi connectivity index (χ3v) is 4.87. The van der Waals surface area contributed by atoms with Gasteiger partial charge in [0, 0.05) is 46.0 Å². The molecule has 0 radical (unpaired) electrons. The number of nitrogens with one attached hydrogen (secondary N) is 1. The number of carbonyl (C=O) groups is 1. The standard InChI is InChI=1S/C19H26N4O/c1-4-15-7-5-6-8-16(15)11-23-12-17(18(13-23)21-14(2)24)19-20-9-10-22(19)3/h5-10,17-18H,4,11-13H2,1-3H3,(H,21,24)/t17-,18-/m1/s1. The number of hydrogen-bond donors (Lipinski definition) is 1. The number of hydrogen-bond acceptors (Lipinski definition) is 3. The number of aryl methyl sites for hydroxylation is 2. The Morgan fingerprint density at radius 2 is 2.04 bits per heavy atom. The number of benzene rings is 1. The summed E-state index contributed by atoms with van der Waals surface area (Å²) in [6.45, 7) is 6.47. The molecule has 2 heterocycles. The molecule has 1 aromatic heterocycles. The molecule has 1 aromatic carbocycles. The number of imidazole rings is 1. The van der Waals surface area contributed by atoms with E-state index < -0.39 is 0 Å². The minimum absolute atomic E-state index is 0.0232. The SMILES string of the molecule is CCc1ccccc1CN1C[C@@H](NC(C)=O)[C@H](c2nccn2C)C1. The molecule has 1 amide bonds. The second-order valence-electron chi connectivity index (χ2n) is 6.63. The Kier molecular flexibility index (Phi) is 5.00. The quantitative estimate of drug-likeness (QED) is 0.915. The van der Waals surface area contributed by atoms with Gasteiger partial charge in [-0.25, -0.2) is 4.98 Å². The van der Waals surface area contributed by atoms with Crippen LogP contribution in [0.25, 0.3) is 0 Å². The molecule has 2 atom stereocenters. The van der Waals surface area contributed by atoms with Crippen LogP contribution in [-0.4, -0.2) is 39.5 Å². The van der Waals surface area contributed by atoms with Crippen LogP contribution in [-0.2, 0) is 24.8 Å². The van der Waals surface area contributed by atoms with Crippen LogP contribution < -0.4 is 5.32 Å². The molecule has 0 spiro atoms. The van der Waals surface area contributed by atoms with Gasteiger partial charge in [-0.1, -0.05) is 31.2 Å². The molecular formula is C19H26N4O. The van der Waals surface area contributed by atoms with Gasteiger partial charge in [-0.05, 0) is 17.5 Å². The molecule has 1 N–H and O–H groups in total. The molecule has 5 nitrogen and oxygen atoms in total. The summed E-state index contributed by atoms with van der Waals surface area (Å²) in [6, 6.07) is 8.72. The van der Waals surface area contributed by atoms with Crippen LogP contribution in [0.1, 0.15) is 36.7 Å². The highest BCUT2D eigenvalue weighted by atomic mass is 16.1. The second kappa shape index (κ2) is 7.18. The molecule has 5 heteroatoms. The summed E-state index contributed by atoms with van der Waals surface area (Å²) in [6.07, 6.45) is 4.84. The summed E-state index contributed by atoms with van der Waals surface area (Å²) in [5.41, 5.74) is 2.77. The Labute approximate surface area is 143 Å². The highest BCUT2D eigenvalue weighted by molar-refractivity contribution is 5.73. The summed E-state index contributed by atoms with van der Waals surface area (Å²) in [5.74, 6) is 1.29. The van der Waals surface area contributed by atoms with Crippen LogP contribution >= 0.6 is 0 Å². The third kappa shape index (κ3) is 3.51. The van der Waals surface area contributed by atoms with Gasteiger partial charge >= 0.3 is 0 Å². The number of rotatable bonds is 5. The lowest BCUT2D eigenvalue weighted by atomic mass is 10.0. The van der Waals surface area contributed by atoms with Crippen molar-refractivity contribution in [3.05, 3.63) is 53.6 Å². The highest BCUT2D eigenvalue weighted by Crippen LogP contribution is 2.28. The van der Waals surface area contributed by atoms with E-state index in [-0.39, 0.29) is 17.9 Å². The predicted molar refractivity (Wildman–Crippen MR) is 94.7 cm³/mol.